The fraction of sp³-hybridized carbons (Fsp3) is 0.250. The van der Waals surface area contributed by atoms with Gasteiger partial charge in [0.05, 0.1) is 6.10 Å². The minimum atomic E-state index is -0.324. The van der Waals surface area contributed by atoms with Crippen LogP contribution < -0.4 is 20.3 Å². The van der Waals surface area contributed by atoms with E-state index in [0.717, 1.165) is 5.69 Å². The highest BCUT2D eigenvalue weighted by Gasteiger charge is 2.10. The molecule has 0 atom stereocenters. The molecule has 2 aromatic rings. The van der Waals surface area contributed by atoms with Gasteiger partial charge in [0.1, 0.15) is 5.75 Å². The lowest BCUT2D eigenvalue weighted by molar-refractivity contribution is -0.116. The van der Waals surface area contributed by atoms with E-state index in [0.29, 0.717) is 17.0 Å². The van der Waals surface area contributed by atoms with Gasteiger partial charge in [0.25, 0.3) is 5.91 Å². The van der Waals surface area contributed by atoms with Crippen LogP contribution in [0.3, 0.4) is 0 Å². The first-order chi connectivity index (χ1) is 12.8. The predicted octanol–water partition coefficient (Wildman–Crippen LogP) is 3.58. The van der Waals surface area contributed by atoms with Gasteiger partial charge < -0.3 is 15.0 Å². The third-order valence-corrected chi connectivity index (χ3v) is 3.88. The van der Waals surface area contributed by atoms with Crippen molar-refractivity contribution in [2.24, 2.45) is 0 Å². The molecule has 2 amide bonds. The van der Waals surface area contributed by atoms with Crippen LogP contribution in [0.25, 0.3) is 0 Å². The number of nitrogens with zero attached hydrogens (tertiary/aromatic N) is 1. The first-order valence-electron chi connectivity index (χ1n) is 8.49. The predicted molar refractivity (Wildman–Crippen MR) is 111 cm³/mol. The first-order valence-corrected chi connectivity index (χ1v) is 8.90. The van der Waals surface area contributed by atoms with Gasteiger partial charge in [-0.1, -0.05) is 6.07 Å². The monoisotopic (exact) mass is 385 g/mol. The maximum Gasteiger partial charge on any atom is 0.257 e. The number of anilines is 2. The number of ether oxygens (including phenoxy) is 1. The Labute approximate surface area is 164 Å². The SMILES string of the molecule is CC(=O)N(C)c1ccc(NC(=S)NC(=O)c2cccc(OC(C)C)c2)cc1. The third-order valence-electron chi connectivity index (χ3n) is 3.68. The normalized spacial score (nSPS) is 10.3. The molecule has 0 fully saturated rings. The summed E-state index contributed by atoms with van der Waals surface area (Å²) in [6.07, 6.45) is 0.0241. The number of hydrogen-bond acceptors (Lipinski definition) is 4. The van der Waals surface area contributed by atoms with Gasteiger partial charge in [0.15, 0.2) is 5.11 Å². The van der Waals surface area contributed by atoms with Gasteiger partial charge in [-0.3, -0.25) is 14.9 Å². The third kappa shape index (κ3) is 6.07. The Morgan fingerprint density at radius 2 is 1.78 bits per heavy atom. The molecule has 0 saturated carbocycles. The highest BCUT2D eigenvalue weighted by molar-refractivity contribution is 7.80. The molecule has 2 aromatic carbocycles. The van der Waals surface area contributed by atoms with Crippen LogP contribution in [0.2, 0.25) is 0 Å². The molecule has 2 rings (SSSR count). The molecule has 0 aliphatic carbocycles. The molecule has 0 aromatic heterocycles. The van der Waals surface area contributed by atoms with E-state index in [1.807, 2.05) is 13.8 Å². The zero-order valence-corrected chi connectivity index (χ0v) is 16.6. The average molecular weight is 385 g/mol. The largest absolute Gasteiger partial charge is 0.491 e. The number of rotatable bonds is 5. The molecule has 0 spiro atoms. The van der Waals surface area contributed by atoms with Crippen LogP contribution in [-0.2, 0) is 4.79 Å². The molecule has 2 N–H and O–H groups in total. The van der Waals surface area contributed by atoms with Crippen molar-refractivity contribution in [3.63, 3.8) is 0 Å². The van der Waals surface area contributed by atoms with E-state index < -0.39 is 0 Å². The zero-order chi connectivity index (χ0) is 20.0. The summed E-state index contributed by atoms with van der Waals surface area (Å²) in [6, 6.07) is 14.1. The Bertz CT molecular complexity index is 835. The summed E-state index contributed by atoms with van der Waals surface area (Å²) in [5.41, 5.74) is 1.93. The Balaban J connectivity index is 1.97. The minimum Gasteiger partial charge on any atom is -0.491 e. The number of benzene rings is 2. The van der Waals surface area contributed by atoms with Gasteiger partial charge in [-0.15, -0.1) is 0 Å². The van der Waals surface area contributed by atoms with E-state index >= 15 is 0 Å². The van der Waals surface area contributed by atoms with Gasteiger partial charge >= 0.3 is 0 Å². The van der Waals surface area contributed by atoms with Crippen LogP contribution >= 0.6 is 12.2 Å². The minimum absolute atomic E-state index is 0.0241. The molecule has 0 aliphatic rings. The molecule has 6 nitrogen and oxygen atoms in total. The van der Waals surface area contributed by atoms with E-state index in [-0.39, 0.29) is 23.0 Å². The van der Waals surface area contributed by atoms with Crippen molar-refractivity contribution in [3.8, 4) is 5.75 Å². The summed E-state index contributed by atoms with van der Waals surface area (Å²) in [5, 5.41) is 5.77. The lowest BCUT2D eigenvalue weighted by atomic mass is 10.2. The number of nitrogens with one attached hydrogen (secondary N) is 2. The highest BCUT2D eigenvalue weighted by Crippen LogP contribution is 2.17. The van der Waals surface area contributed by atoms with Crippen molar-refractivity contribution in [1.29, 1.82) is 0 Å². The van der Waals surface area contributed by atoms with Crippen LogP contribution in [-0.4, -0.2) is 30.1 Å². The van der Waals surface area contributed by atoms with Crippen molar-refractivity contribution in [3.05, 3.63) is 54.1 Å². The molecule has 0 bridgehead atoms. The van der Waals surface area contributed by atoms with E-state index in [1.54, 1.807) is 55.6 Å². The maximum atomic E-state index is 12.4. The number of carbonyl (C=O) groups excluding carboxylic acids is 2. The highest BCUT2D eigenvalue weighted by atomic mass is 32.1. The summed E-state index contributed by atoms with van der Waals surface area (Å²) in [6.45, 7) is 5.34. The Morgan fingerprint density at radius 1 is 1.11 bits per heavy atom. The van der Waals surface area contributed by atoms with E-state index in [4.69, 9.17) is 17.0 Å². The quantitative estimate of drug-likeness (QED) is 0.770. The summed E-state index contributed by atoms with van der Waals surface area (Å²) in [7, 11) is 1.70. The second-order valence-electron chi connectivity index (χ2n) is 6.23. The van der Waals surface area contributed by atoms with Crippen molar-refractivity contribution in [2.45, 2.75) is 26.9 Å². The van der Waals surface area contributed by atoms with Crippen LogP contribution in [0.15, 0.2) is 48.5 Å². The smallest absolute Gasteiger partial charge is 0.257 e. The van der Waals surface area contributed by atoms with Gasteiger partial charge in [0.2, 0.25) is 5.91 Å². The zero-order valence-electron chi connectivity index (χ0n) is 15.8. The molecule has 0 unspecified atom stereocenters. The second-order valence-corrected chi connectivity index (χ2v) is 6.64. The summed E-state index contributed by atoms with van der Waals surface area (Å²) in [4.78, 5) is 25.3. The van der Waals surface area contributed by atoms with Crippen LogP contribution in [0.1, 0.15) is 31.1 Å². The van der Waals surface area contributed by atoms with Crippen molar-refractivity contribution in [2.75, 3.05) is 17.3 Å². The van der Waals surface area contributed by atoms with E-state index in [9.17, 15) is 9.59 Å². The number of thiocarbonyl (C=S) groups is 1. The van der Waals surface area contributed by atoms with E-state index in [2.05, 4.69) is 10.6 Å². The fourth-order valence-corrected chi connectivity index (χ4v) is 2.48. The molecule has 27 heavy (non-hydrogen) atoms. The molecule has 7 heteroatoms. The molecule has 142 valence electrons. The van der Waals surface area contributed by atoms with Gasteiger partial charge in [-0.2, -0.15) is 0 Å². The fourth-order valence-electron chi connectivity index (χ4n) is 2.27. The molecular weight excluding hydrogens is 362 g/mol. The van der Waals surface area contributed by atoms with Crippen LogP contribution in [0.5, 0.6) is 5.75 Å². The first kappa shape index (κ1) is 20.4. The van der Waals surface area contributed by atoms with Gasteiger partial charge in [-0.05, 0) is 68.5 Å². The molecule has 0 heterocycles. The summed E-state index contributed by atoms with van der Waals surface area (Å²) < 4.78 is 5.60. The standard InChI is InChI=1S/C20H23N3O3S/c1-13(2)26-18-7-5-6-15(12-18)19(25)22-20(27)21-16-8-10-17(11-9-16)23(4)14(3)24/h5-13H,1-4H3,(H2,21,22,25,27). The lowest BCUT2D eigenvalue weighted by Crippen LogP contribution is -2.34. The second kappa shape index (κ2) is 9.14. The van der Waals surface area contributed by atoms with Crippen molar-refractivity contribution in [1.82, 2.24) is 5.32 Å². The van der Waals surface area contributed by atoms with Gasteiger partial charge in [-0.25, -0.2) is 0 Å². The van der Waals surface area contributed by atoms with Crippen molar-refractivity contribution < 1.29 is 14.3 Å². The lowest BCUT2D eigenvalue weighted by Gasteiger charge is -2.16. The maximum absolute atomic E-state index is 12.4. The summed E-state index contributed by atoms with van der Waals surface area (Å²) >= 11 is 5.20. The topological polar surface area (TPSA) is 70.7 Å². The Hall–Kier alpha value is -2.93. The number of hydrogen-bond donors (Lipinski definition) is 2. The van der Waals surface area contributed by atoms with Crippen LogP contribution in [0, 0.1) is 0 Å². The number of carbonyl (C=O) groups is 2. The number of amides is 2. The molecule has 0 radical (unpaired) electrons. The van der Waals surface area contributed by atoms with Crippen molar-refractivity contribution >= 4 is 40.5 Å². The van der Waals surface area contributed by atoms with Gasteiger partial charge in [0, 0.05) is 30.9 Å². The van der Waals surface area contributed by atoms with Crippen LogP contribution in [0.4, 0.5) is 11.4 Å². The summed E-state index contributed by atoms with van der Waals surface area (Å²) in [5.74, 6) is 0.249. The van der Waals surface area contributed by atoms with E-state index in [1.165, 1.54) is 11.8 Å². The molecule has 0 saturated heterocycles. The Morgan fingerprint density at radius 3 is 2.37 bits per heavy atom. The Kier molecular flexibility index (Phi) is 6.90. The molecule has 0 aliphatic heterocycles. The molecular formula is C20H23N3O3S. The average Bonchev–Trinajstić information content (AvgIpc) is 2.61.